The number of hydrogen-bond donors (Lipinski definition) is 1. The highest BCUT2D eigenvalue weighted by Gasteiger charge is 2.18. The van der Waals surface area contributed by atoms with Gasteiger partial charge in [-0.05, 0) is 18.2 Å². The van der Waals surface area contributed by atoms with Gasteiger partial charge in [-0.25, -0.2) is 0 Å². The van der Waals surface area contributed by atoms with E-state index in [9.17, 15) is 0 Å². The predicted molar refractivity (Wildman–Crippen MR) is 73.1 cm³/mol. The van der Waals surface area contributed by atoms with E-state index in [0.717, 1.165) is 0 Å². The maximum atomic E-state index is 3.42. The first-order valence-electron chi connectivity index (χ1n) is 6.10. The van der Waals surface area contributed by atoms with Crippen LogP contribution in [0.1, 0.15) is 30.0 Å². The molecular weight excluding hydrogens is 206 g/mol. The first-order valence-corrected chi connectivity index (χ1v) is 6.10. The summed E-state index contributed by atoms with van der Waals surface area (Å²) >= 11 is 0. The molecule has 88 valence electrons. The summed E-state index contributed by atoms with van der Waals surface area (Å²) in [5.41, 5.74) is 2.71. The SMILES string of the molecule is CNC(c1ccccc1)C(C)c1ccccc1. The fraction of sp³-hybridized carbons (Fsp3) is 0.250. The minimum Gasteiger partial charge on any atom is -0.312 e. The van der Waals surface area contributed by atoms with Crippen molar-refractivity contribution in [2.24, 2.45) is 0 Å². The molecule has 0 heterocycles. The van der Waals surface area contributed by atoms with E-state index < -0.39 is 0 Å². The summed E-state index contributed by atoms with van der Waals surface area (Å²) in [6.45, 7) is 2.27. The van der Waals surface area contributed by atoms with Crippen LogP contribution in [0.15, 0.2) is 60.7 Å². The van der Waals surface area contributed by atoms with Crippen LogP contribution in [0, 0.1) is 0 Å². The van der Waals surface area contributed by atoms with Crippen molar-refractivity contribution in [1.82, 2.24) is 5.32 Å². The van der Waals surface area contributed by atoms with Crippen LogP contribution < -0.4 is 5.32 Å². The Kier molecular flexibility index (Phi) is 3.94. The molecule has 2 aromatic rings. The zero-order valence-corrected chi connectivity index (χ0v) is 10.4. The second-order valence-corrected chi connectivity index (χ2v) is 4.38. The van der Waals surface area contributed by atoms with Gasteiger partial charge in [0.25, 0.3) is 0 Å². The number of nitrogens with one attached hydrogen (secondary N) is 1. The summed E-state index contributed by atoms with van der Waals surface area (Å²) in [4.78, 5) is 0. The molecule has 2 atom stereocenters. The van der Waals surface area contributed by atoms with Crippen molar-refractivity contribution >= 4 is 0 Å². The third-order valence-electron chi connectivity index (χ3n) is 3.30. The Bertz CT molecular complexity index is 436. The Balaban J connectivity index is 2.25. The van der Waals surface area contributed by atoms with Crippen LogP contribution in [-0.4, -0.2) is 7.05 Å². The smallest absolute Gasteiger partial charge is 0.0384 e. The molecule has 0 radical (unpaired) electrons. The Morgan fingerprint density at radius 3 is 1.71 bits per heavy atom. The molecule has 0 aromatic heterocycles. The van der Waals surface area contributed by atoms with E-state index in [0.29, 0.717) is 12.0 Å². The predicted octanol–water partition coefficient (Wildman–Crippen LogP) is 3.75. The Hall–Kier alpha value is -1.60. The van der Waals surface area contributed by atoms with E-state index in [-0.39, 0.29) is 0 Å². The average Bonchev–Trinajstić information content (AvgIpc) is 2.42. The van der Waals surface area contributed by atoms with Gasteiger partial charge in [-0.1, -0.05) is 67.6 Å². The zero-order valence-electron chi connectivity index (χ0n) is 10.4. The quantitative estimate of drug-likeness (QED) is 0.835. The first kappa shape index (κ1) is 11.9. The molecule has 0 spiro atoms. The van der Waals surface area contributed by atoms with Gasteiger partial charge in [-0.3, -0.25) is 0 Å². The zero-order chi connectivity index (χ0) is 12.1. The molecule has 1 nitrogen and oxygen atoms in total. The van der Waals surface area contributed by atoms with Crippen LogP contribution in [0.4, 0.5) is 0 Å². The molecule has 0 aliphatic heterocycles. The van der Waals surface area contributed by atoms with Crippen LogP contribution in [0.25, 0.3) is 0 Å². The monoisotopic (exact) mass is 225 g/mol. The lowest BCUT2D eigenvalue weighted by Gasteiger charge is -2.24. The Morgan fingerprint density at radius 2 is 1.24 bits per heavy atom. The number of benzene rings is 2. The third-order valence-corrected chi connectivity index (χ3v) is 3.30. The molecule has 0 saturated heterocycles. The second-order valence-electron chi connectivity index (χ2n) is 4.38. The Labute approximate surface area is 103 Å². The van der Waals surface area contributed by atoms with Crippen LogP contribution in [0.3, 0.4) is 0 Å². The van der Waals surface area contributed by atoms with Gasteiger partial charge in [-0.2, -0.15) is 0 Å². The lowest BCUT2D eigenvalue weighted by atomic mass is 9.89. The topological polar surface area (TPSA) is 12.0 Å². The molecule has 17 heavy (non-hydrogen) atoms. The van der Waals surface area contributed by atoms with Crippen LogP contribution >= 0.6 is 0 Å². The minimum absolute atomic E-state index is 0.360. The lowest BCUT2D eigenvalue weighted by molar-refractivity contribution is 0.508. The highest BCUT2D eigenvalue weighted by atomic mass is 14.9. The molecule has 2 aromatic carbocycles. The summed E-state index contributed by atoms with van der Waals surface area (Å²) in [5.74, 6) is 0.462. The van der Waals surface area contributed by atoms with Crippen LogP contribution in [0.5, 0.6) is 0 Å². The molecule has 0 saturated carbocycles. The van der Waals surface area contributed by atoms with Crippen molar-refractivity contribution in [2.75, 3.05) is 7.05 Å². The van der Waals surface area contributed by atoms with Gasteiger partial charge in [0, 0.05) is 12.0 Å². The van der Waals surface area contributed by atoms with Crippen molar-refractivity contribution < 1.29 is 0 Å². The maximum Gasteiger partial charge on any atom is 0.0384 e. The van der Waals surface area contributed by atoms with Gasteiger partial charge in [0.1, 0.15) is 0 Å². The van der Waals surface area contributed by atoms with Gasteiger partial charge in [0.2, 0.25) is 0 Å². The largest absolute Gasteiger partial charge is 0.312 e. The molecule has 1 N–H and O–H groups in total. The molecule has 0 bridgehead atoms. The summed E-state index contributed by atoms with van der Waals surface area (Å²) in [6, 6.07) is 21.6. The van der Waals surface area contributed by atoms with E-state index in [4.69, 9.17) is 0 Å². The molecule has 0 aliphatic carbocycles. The standard InChI is InChI=1S/C16H19N/c1-13(14-9-5-3-6-10-14)16(17-2)15-11-7-4-8-12-15/h3-13,16-17H,1-2H3. The van der Waals surface area contributed by atoms with E-state index in [1.165, 1.54) is 11.1 Å². The van der Waals surface area contributed by atoms with E-state index in [1.54, 1.807) is 0 Å². The Morgan fingerprint density at radius 1 is 0.765 bits per heavy atom. The van der Waals surface area contributed by atoms with Gasteiger partial charge < -0.3 is 5.32 Å². The average molecular weight is 225 g/mol. The fourth-order valence-corrected chi connectivity index (χ4v) is 2.31. The van der Waals surface area contributed by atoms with Crippen molar-refractivity contribution in [3.63, 3.8) is 0 Å². The molecule has 0 amide bonds. The number of likely N-dealkylation sites (N-methyl/N-ethyl adjacent to an activating group) is 1. The fourth-order valence-electron chi connectivity index (χ4n) is 2.31. The van der Waals surface area contributed by atoms with Gasteiger partial charge in [-0.15, -0.1) is 0 Å². The van der Waals surface area contributed by atoms with Gasteiger partial charge in [0.15, 0.2) is 0 Å². The van der Waals surface area contributed by atoms with Gasteiger partial charge in [0.05, 0.1) is 0 Å². The summed E-state index contributed by atoms with van der Waals surface area (Å²) in [6.07, 6.45) is 0. The third kappa shape index (κ3) is 2.75. The van der Waals surface area contributed by atoms with E-state index in [1.807, 2.05) is 7.05 Å². The minimum atomic E-state index is 0.360. The molecule has 1 heteroatoms. The molecular formula is C16H19N. The maximum absolute atomic E-state index is 3.42. The van der Waals surface area contributed by atoms with Crippen LogP contribution in [-0.2, 0) is 0 Å². The highest BCUT2D eigenvalue weighted by Crippen LogP contribution is 2.29. The molecule has 2 unspecified atom stereocenters. The van der Waals surface area contributed by atoms with Crippen molar-refractivity contribution in [3.8, 4) is 0 Å². The second kappa shape index (κ2) is 5.65. The number of hydrogen-bond acceptors (Lipinski definition) is 1. The summed E-state index contributed by atoms with van der Waals surface area (Å²) in [7, 11) is 2.02. The summed E-state index contributed by atoms with van der Waals surface area (Å²) < 4.78 is 0. The summed E-state index contributed by atoms with van der Waals surface area (Å²) in [5, 5.41) is 3.42. The number of rotatable bonds is 4. The normalized spacial score (nSPS) is 14.2. The van der Waals surface area contributed by atoms with Gasteiger partial charge >= 0.3 is 0 Å². The lowest BCUT2D eigenvalue weighted by Crippen LogP contribution is -2.22. The van der Waals surface area contributed by atoms with Crippen molar-refractivity contribution in [3.05, 3.63) is 71.8 Å². The molecule has 0 fully saturated rings. The highest BCUT2D eigenvalue weighted by molar-refractivity contribution is 5.27. The molecule has 2 rings (SSSR count). The van der Waals surface area contributed by atoms with Crippen molar-refractivity contribution in [2.45, 2.75) is 18.9 Å². The first-order chi connectivity index (χ1) is 8.33. The van der Waals surface area contributed by atoms with E-state index >= 15 is 0 Å². The van der Waals surface area contributed by atoms with E-state index in [2.05, 4.69) is 72.9 Å². The molecule has 0 aliphatic rings. The van der Waals surface area contributed by atoms with Crippen LogP contribution in [0.2, 0.25) is 0 Å². The van der Waals surface area contributed by atoms with Crippen molar-refractivity contribution in [1.29, 1.82) is 0 Å².